The van der Waals surface area contributed by atoms with Crippen molar-refractivity contribution in [3.8, 4) is 17.1 Å². The summed E-state index contributed by atoms with van der Waals surface area (Å²) in [6.45, 7) is 3.73. The highest BCUT2D eigenvalue weighted by Crippen LogP contribution is 2.41. The van der Waals surface area contributed by atoms with E-state index in [0.29, 0.717) is 24.1 Å². The minimum absolute atomic E-state index is 0.0360. The van der Waals surface area contributed by atoms with Crippen LogP contribution in [-0.2, 0) is 29.5 Å². The van der Waals surface area contributed by atoms with Crippen molar-refractivity contribution in [3.05, 3.63) is 92.4 Å². The number of aryl methyl sites for hydroxylation is 1. The van der Waals surface area contributed by atoms with Crippen LogP contribution in [-0.4, -0.2) is 82.2 Å². The molecule has 0 spiro atoms. The third-order valence-corrected chi connectivity index (χ3v) is 10.3. The van der Waals surface area contributed by atoms with E-state index in [1.807, 2.05) is 0 Å². The quantitative estimate of drug-likeness (QED) is 0.203. The predicted molar refractivity (Wildman–Crippen MR) is 191 cm³/mol. The molecule has 5 aromatic rings. The number of benzene rings is 2. The molecule has 2 aliphatic rings. The fraction of sp³-hybridized carbons (Fsp3) is 0.361. The van der Waals surface area contributed by atoms with Crippen LogP contribution in [0.2, 0.25) is 5.02 Å². The standard InChI is InChI=1S/C36H35ClF3N9O5/c1-3-26-29(46-13-15-47(16-14-46)32(52)28-30(51)20(2)41-19-42-28)33(53)49-34(44-31(45-49)21-5-7-22(8-6-21)35(54)11-4-12-35)48(26)18-27(50)43-25-10-9-23(17-24(25)37)36(38,39)40/h5-10,17,19,51,54H,3-4,11-16,18H2,1-2H3,(H,43,50). The highest BCUT2D eigenvalue weighted by Gasteiger charge is 2.36. The maximum Gasteiger partial charge on any atom is 0.416 e. The molecular weight excluding hydrogens is 731 g/mol. The van der Waals surface area contributed by atoms with Gasteiger partial charge in [0.2, 0.25) is 11.7 Å². The average Bonchev–Trinajstić information content (AvgIpc) is 3.59. The molecule has 7 rings (SSSR count). The second-order valence-corrected chi connectivity index (χ2v) is 13.7. The van der Waals surface area contributed by atoms with E-state index in [1.54, 1.807) is 43.0 Å². The van der Waals surface area contributed by atoms with Gasteiger partial charge in [0.25, 0.3) is 11.5 Å². The first kappa shape index (κ1) is 36.8. The van der Waals surface area contributed by atoms with Crippen LogP contribution in [0.1, 0.15) is 59.2 Å². The molecule has 18 heteroatoms. The summed E-state index contributed by atoms with van der Waals surface area (Å²) in [7, 11) is 0. The van der Waals surface area contributed by atoms with Gasteiger partial charge in [0, 0.05) is 31.7 Å². The normalized spacial score (nSPS) is 15.7. The monoisotopic (exact) mass is 765 g/mol. The molecule has 2 aromatic carbocycles. The first-order valence-corrected chi connectivity index (χ1v) is 17.6. The van der Waals surface area contributed by atoms with Gasteiger partial charge in [-0.3, -0.25) is 14.4 Å². The molecule has 4 heterocycles. The summed E-state index contributed by atoms with van der Waals surface area (Å²) >= 11 is 6.14. The molecule has 0 atom stereocenters. The molecule has 3 aromatic heterocycles. The van der Waals surface area contributed by atoms with Crippen LogP contribution in [0.3, 0.4) is 0 Å². The summed E-state index contributed by atoms with van der Waals surface area (Å²) in [4.78, 5) is 57.0. The molecule has 0 unspecified atom stereocenters. The van der Waals surface area contributed by atoms with Crippen LogP contribution >= 0.6 is 11.6 Å². The van der Waals surface area contributed by atoms with Crippen molar-refractivity contribution < 1.29 is 33.0 Å². The lowest BCUT2D eigenvalue weighted by atomic mass is 9.75. The van der Waals surface area contributed by atoms with Crippen LogP contribution in [0.4, 0.5) is 24.5 Å². The smallest absolute Gasteiger partial charge is 0.416 e. The number of amides is 2. The van der Waals surface area contributed by atoms with Crippen molar-refractivity contribution >= 4 is 40.6 Å². The number of hydrogen-bond acceptors (Lipinski definition) is 10. The highest BCUT2D eigenvalue weighted by molar-refractivity contribution is 6.33. The number of carbonyl (C=O) groups excluding carboxylic acids is 2. The Balaban J connectivity index is 1.24. The number of aliphatic hydroxyl groups is 1. The number of piperazine rings is 1. The number of carbonyl (C=O) groups is 2. The second-order valence-electron chi connectivity index (χ2n) is 13.3. The number of hydrogen-bond donors (Lipinski definition) is 3. The van der Waals surface area contributed by atoms with Crippen molar-refractivity contribution in [2.24, 2.45) is 0 Å². The van der Waals surface area contributed by atoms with Crippen molar-refractivity contribution in [2.75, 3.05) is 36.4 Å². The lowest BCUT2D eigenvalue weighted by Crippen LogP contribution is -2.51. The molecule has 282 valence electrons. The minimum Gasteiger partial charge on any atom is -0.504 e. The Hall–Kier alpha value is -5.55. The molecular formula is C36H35ClF3N9O5. The molecule has 54 heavy (non-hydrogen) atoms. The zero-order valence-electron chi connectivity index (χ0n) is 29.2. The Morgan fingerprint density at radius 3 is 2.35 bits per heavy atom. The van der Waals surface area contributed by atoms with Gasteiger partial charge in [0.15, 0.2) is 17.3 Å². The van der Waals surface area contributed by atoms with Gasteiger partial charge in [-0.1, -0.05) is 42.8 Å². The van der Waals surface area contributed by atoms with Gasteiger partial charge in [0.05, 0.1) is 33.3 Å². The van der Waals surface area contributed by atoms with Crippen LogP contribution in [0, 0.1) is 6.92 Å². The second kappa shape index (κ2) is 14.0. The number of alkyl halides is 3. The van der Waals surface area contributed by atoms with E-state index in [0.717, 1.165) is 34.7 Å². The number of anilines is 2. The zero-order chi connectivity index (χ0) is 38.5. The number of aromatic nitrogens is 6. The molecule has 14 nitrogen and oxygen atoms in total. The summed E-state index contributed by atoms with van der Waals surface area (Å²) in [6, 6.07) is 9.69. The topological polar surface area (TPSA) is 171 Å². The van der Waals surface area contributed by atoms with E-state index in [9.17, 15) is 37.8 Å². The predicted octanol–water partition coefficient (Wildman–Crippen LogP) is 4.57. The van der Waals surface area contributed by atoms with Gasteiger partial charge in [-0.05, 0) is 56.4 Å². The van der Waals surface area contributed by atoms with Crippen molar-refractivity contribution in [1.29, 1.82) is 0 Å². The first-order chi connectivity index (χ1) is 25.7. The lowest BCUT2D eigenvalue weighted by Gasteiger charge is -2.37. The van der Waals surface area contributed by atoms with Crippen LogP contribution in [0.15, 0.2) is 53.6 Å². The molecule has 0 bridgehead atoms. The third kappa shape index (κ3) is 6.72. The Morgan fingerprint density at radius 1 is 1.04 bits per heavy atom. The Bertz CT molecular complexity index is 2330. The van der Waals surface area contributed by atoms with E-state index in [4.69, 9.17) is 11.6 Å². The van der Waals surface area contributed by atoms with Crippen molar-refractivity contribution in [1.82, 2.24) is 34.0 Å². The van der Waals surface area contributed by atoms with Crippen LogP contribution < -0.4 is 15.8 Å². The van der Waals surface area contributed by atoms with Crippen LogP contribution in [0.25, 0.3) is 17.2 Å². The molecule has 2 amide bonds. The van der Waals surface area contributed by atoms with Gasteiger partial charge in [-0.2, -0.15) is 22.7 Å². The van der Waals surface area contributed by atoms with Gasteiger partial charge in [0.1, 0.15) is 18.6 Å². The largest absolute Gasteiger partial charge is 0.504 e. The van der Waals surface area contributed by atoms with E-state index < -0.39 is 41.3 Å². The molecule has 2 fully saturated rings. The van der Waals surface area contributed by atoms with Gasteiger partial charge in [-0.25, -0.2) is 9.97 Å². The summed E-state index contributed by atoms with van der Waals surface area (Å²) in [6.07, 6.45) is -0.923. The summed E-state index contributed by atoms with van der Waals surface area (Å²) in [5.41, 5.74) is -0.267. The number of nitrogens with zero attached hydrogens (tertiary/aromatic N) is 8. The highest BCUT2D eigenvalue weighted by atomic mass is 35.5. The molecule has 1 aliphatic carbocycles. The third-order valence-electron chi connectivity index (χ3n) is 9.98. The Kier molecular flexibility index (Phi) is 9.55. The minimum atomic E-state index is -4.63. The summed E-state index contributed by atoms with van der Waals surface area (Å²) < 4.78 is 42.4. The molecule has 1 aliphatic heterocycles. The fourth-order valence-corrected chi connectivity index (χ4v) is 7.04. The maximum absolute atomic E-state index is 14.3. The van der Waals surface area contributed by atoms with E-state index in [-0.39, 0.29) is 77.7 Å². The van der Waals surface area contributed by atoms with Gasteiger partial charge < -0.3 is 29.9 Å². The SMILES string of the molecule is CCc1c(N2CCN(C(=O)c3ncnc(C)c3O)CC2)c(=O)n2nc(-c3ccc(C4(O)CCC4)cc3)nc2n1CC(=O)Nc1ccc(C(F)(F)F)cc1Cl. The van der Waals surface area contributed by atoms with E-state index in [2.05, 4.69) is 25.4 Å². The number of halogens is 4. The van der Waals surface area contributed by atoms with Crippen molar-refractivity contribution in [3.63, 3.8) is 0 Å². The summed E-state index contributed by atoms with van der Waals surface area (Å²) in [5, 5.41) is 28.0. The maximum atomic E-state index is 14.3. The lowest BCUT2D eigenvalue weighted by molar-refractivity contribution is -0.137. The number of rotatable bonds is 8. The average molecular weight is 766 g/mol. The zero-order valence-corrected chi connectivity index (χ0v) is 29.9. The Morgan fingerprint density at radius 2 is 1.74 bits per heavy atom. The van der Waals surface area contributed by atoms with Gasteiger partial charge >= 0.3 is 6.18 Å². The number of fused-ring (bicyclic) bond motifs is 1. The molecule has 3 N–H and O–H groups in total. The molecule has 1 saturated heterocycles. The van der Waals surface area contributed by atoms with E-state index >= 15 is 0 Å². The van der Waals surface area contributed by atoms with Gasteiger partial charge in [-0.15, -0.1) is 5.10 Å². The number of aromatic hydroxyl groups is 1. The fourth-order valence-electron chi connectivity index (χ4n) is 6.81. The van der Waals surface area contributed by atoms with E-state index in [1.165, 1.54) is 15.8 Å². The van der Waals surface area contributed by atoms with Crippen LogP contribution in [0.5, 0.6) is 5.75 Å². The molecule has 1 saturated carbocycles. The van der Waals surface area contributed by atoms with Crippen molar-refractivity contribution in [2.45, 2.75) is 57.9 Å². The Labute approximate surface area is 310 Å². The summed E-state index contributed by atoms with van der Waals surface area (Å²) in [5.74, 6) is -1.21. The molecule has 0 radical (unpaired) electrons. The number of nitrogens with one attached hydrogen (secondary N) is 1. The first-order valence-electron chi connectivity index (χ1n) is 17.3.